The van der Waals surface area contributed by atoms with Crippen LogP contribution in [0.4, 0.5) is 0 Å². The Morgan fingerprint density at radius 1 is 1.30 bits per heavy atom. The smallest absolute Gasteiger partial charge is 0.164 e. The van der Waals surface area contributed by atoms with Crippen molar-refractivity contribution in [1.29, 1.82) is 0 Å². The van der Waals surface area contributed by atoms with Crippen LogP contribution in [0.1, 0.15) is 28.4 Å². The number of morpholine rings is 1. The summed E-state index contributed by atoms with van der Waals surface area (Å²) in [6.45, 7) is 4.70. The third-order valence-electron chi connectivity index (χ3n) is 4.39. The van der Waals surface area contributed by atoms with E-state index in [-0.39, 0.29) is 11.8 Å². The average molecular weight is 314 g/mol. The number of aromatic nitrogens is 3. The lowest BCUT2D eigenvalue weighted by molar-refractivity contribution is -0.0140. The van der Waals surface area contributed by atoms with Gasteiger partial charge in [0.25, 0.3) is 0 Å². The van der Waals surface area contributed by atoms with Gasteiger partial charge in [0, 0.05) is 31.6 Å². The molecule has 6 heteroatoms. The maximum atomic E-state index is 12.5. The molecule has 6 nitrogen and oxygen atoms in total. The molecular formula is C17H22N4O2. The lowest BCUT2D eigenvalue weighted by Crippen LogP contribution is -2.46. The van der Waals surface area contributed by atoms with Crippen LogP contribution in [0.15, 0.2) is 30.3 Å². The molecule has 2 heterocycles. The second-order valence-electron chi connectivity index (χ2n) is 5.91. The van der Waals surface area contributed by atoms with Crippen molar-refractivity contribution in [2.45, 2.75) is 25.9 Å². The minimum Gasteiger partial charge on any atom is -0.378 e. The summed E-state index contributed by atoms with van der Waals surface area (Å²) < 4.78 is 7.58. The number of ketones is 1. The molecule has 0 spiro atoms. The van der Waals surface area contributed by atoms with E-state index < -0.39 is 0 Å². The van der Waals surface area contributed by atoms with Crippen molar-refractivity contribution in [2.75, 3.05) is 19.8 Å². The van der Waals surface area contributed by atoms with Crippen molar-refractivity contribution < 1.29 is 9.53 Å². The van der Waals surface area contributed by atoms with E-state index in [4.69, 9.17) is 4.74 Å². The van der Waals surface area contributed by atoms with Gasteiger partial charge in [0.15, 0.2) is 5.78 Å². The highest BCUT2D eigenvalue weighted by Gasteiger charge is 2.27. The van der Waals surface area contributed by atoms with Gasteiger partial charge in [-0.3, -0.25) is 9.69 Å². The summed E-state index contributed by atoms with van der Waals surface area (Å²) in [6, 6.07) is 9.51. The Morgan fingerprint density at radius 2 is 2.09 bits per heavy atom. The molecule has 0 unspecified atom stereocenters. The van der Waals surface area contributed by atoms with Gasteiger partial charge in [0.1, 0.15) is 11.6 Å². The molecule has 1 fully saturated rings. The molecule has 1 aromatic carbocycles. The van der Waals surface area contributed by atoms with Gasteiger partial charge >= 0.3 is 0 Å². The minimum atomic E-state index is 0.0773. The predicted molar refractivity (Wildman–Crippen MR) is 86.1 cm³/mol. The van der Waals surface area contributed by atoms with Crippen molar-refractivity contribution in [3.63, 3.8) is 0 Å². The first-order chi connectivity index (χ1) is 11.1. The summed E-state index contributed by atoms with van der Waals surface area (Å²) in [5, 5.41) is 8.33. The molecule has 122 valence electrons. The van der Waals surface area contributed by atoms with Crippen LogP contribution >= 0.6 is 0 Å². The summed E-state index contributed by atoms with van der Waals surface area (Å²) in [5.41, 5.74) is 0.757. The highest BCUT2D eigenvalue weighted by atomic mass is 16.5. The molecule has 0 N–H and O–H groups in total. The molecule has 1 aliphatic heterocycles. The summed E-state index contributed by atoms with van der Waals surface area (Å²) in [5.74, 6) is 1.96. The van der Waals surface area contributed by atoms with Gasteiger partial charge in [-0.25, -0.2) is 0 Å². The van der Waals surface area contributed by atoms with Gasteiger partial charge in [0.2, 0.25) is 0 Å². The van der Waals surface area contributed by atoms with Crippen LogP contribution in [0.2, 0.25) is 0 Å². The van der Waals surface area contributed by atoms with E-state index in [2.05, 4.69) is 15.1 Å². The van der Waals surface area contributed by atoms with Crippen LogP contribution in [0.3, 0.4) is 0 Å². The average Bonchev–Trinajstić information content (AvgIpc) is 2.89. The Morgan fingerprint density at radius 3 is 2.78 bits per heavy atom. The number of hydrogen-bond acceptors (Lipinski definition) is 5. The Balaban J connectivity index is 1.69. The van der Waals surface area contributed by atoms with Crippen molar-refractivity contribution in [2.24, 2.45) is 7.05 Å². The molecule has 3 rings (SSSR count). The zero-order chi connectivity index (χ0) is 16.2. The van der Waals surface area contributed by atoms with Crippen molar-refractivity contribution >= 4 is 5.78 Å². The molecule has 0 saturated carbocycles. The fraction of sp³-hybridized carbons (Fsp3) is 0.471. The first-order valence-electron chi connectivity index (χ1n) is 7.90. The molecular weight excluding hydrogens is 292 g/mol. The second kappa shape index (κ2) is 7.02. The molecule has 0 aliphatic carbocycles. The number of nitrogens with zero attached hydrogens (tertiary/aromatic N) is 4. The van der Waals surface area contributed by atoms with Crippen LogP contribution in [0.25, 0.3) is 0 Å². The number of rotatable bonds is 5. The molecule has 0 bridgehead atoms. The summed E-state index contributed by atoms with van der Waals surface area (Å²) in [7, 11) is 1.97. The number of aryl methyl sites for hydroxylation is 1. The lowest BCUT2D eigenvalue weighted by Gasteiger charge is -2.34. The van der Waals surface area contributed by atoms with Crippen LogP contribution in [0, 0.1) is 6.92 Å². The molecule has 23 heavy (non-hydrogen) atoms. The predicted octanol–water partition coefficient (Wildman–Crippen LogP) is 1.60. The Labute approximate surface area is 136 Å². The maximum Gasteiger partial charge on any atom is 0.164 e. The van der Waals surface area contributed by atoms with Gasteiger partial charge in [-0.1, -0.05) is 30.3 Å². The van der Waals surface area contributed by atoms with Gasteiger partial charge in [-0.2, -0.15) is 0 Å². The van der Waals surface area contributed by atoms with Gasteiger partial charge in [-0.15, -0.1) is 10.2 Å². The molecule has 0 radical (unpaired) electrons. The number of benzene rings is 1. The summed E-state index contributed by atoms with van der Waals surface area (Å²) >= 11 is 0. The SMILES string of the molecule is Cc1nnc(CN2CCOC[C@@H]2CC(=O)c2ccccc2)n1C. The summed E-state index contributed by atoms with van der Waals surface area (Å²) in [4.78, 5) is 14.7. The second-order valence-corrected chi connectivity index (χ2v) is 5.91. The normalized spacial score (nSPS) is 19.0. The Hall–Kier alpha value is -2.05. The van der Waals surface area contributed by atoms with E-state index in [1.54, 1.807) is 0 Å². The molecule has 1 aromatic heterocycles. The van der Waals surface area contributed by atoms with Crippen LogP contribution in [0.5, 0.6) is 0 Å². The topological polar surface area (TPSA) is 60.2 Å². The van der Waals surface area contributed by atoms with E-state index in [1.807, 2.05) is 48.9 Å². The number of ether oxygens (including phenoxy) is 1. The maximum absolute atomic E-state index is 12.5. The van der Waals surface area contributed by atoms with E-state index in [9.17, 15) is 4.79 Å². The fourth-order valence-corrected chi connectivity index (χ4v) is 2.81. The Bertz CT molecular complexity index is 668. The van der Waals surface area contributed by atoms with Crippen LogP contribution in [-0.4, -0.2) is 51.2 Å². The number of carbonyl (C=O) groups excluding carboxylic acids is 1. The van der Waals surface area contributed by atoms with Crippen molar-refractivity contribution in [3.05, 3.63) is 47.5 Å². The van der Waals surface area contributed by atoms with Crippen molar-refractivity contribution in [1.82, 2.24) is 19.7 Å². The number of Topliss-reactive ketones (excluding diaryl/α,β-unsaturated/α-hetero) is 1. The highest BCUT2D eigenvalue weighted by molar-refractivity contribution is 5.96. The first kappa shape index (κ1) is 15.8. The van der Waals surface area contributed by atoms with Gasteiger partial charge in [-0.05, 0) is 6.92 Å². The van der Waals surface area contributed by atoms with Gasteiger partial charge < -0.3 is 9.30 Å². The zero-order valence-electron chi connectivity index (χ0n) is 13.6. The van der Waals surface area contributed by atoms with Gasteiger partial charge in [0.05, 0.1) is 19.8 Å². The summed E-state index contributed by atoms with van der Waals surface area (Å²) in [6.07, 6.45) is 0.459. The largest absolute Gasteiger partial charge is 0.378 e. The van der Waals surface area contributed by atoms with E-state index >= 15 is 0 Å². The lowest BCUT2D eigenvalue weighted by atomic mass is 10.0. The number of carbonyl (C=O) groups is 1. The monoisotopic (exact) mass is 314 g/mol. The van der Waals surface area contributed by atoms with Crippen LogP contribution in [-0.2, 0) is 18.3 Å². The standard InChI is InChI=1S/C17H22N4O2/c1-13-18-19-17(20(13)2)11-21-8-9-23-12-15(21)10-16(22)14-6-4-3-5-7-14/h3-7,15H,8-12H2,1-2H3/t15-/m0/s1. The third kappa shape index (κ3) is 3.65. The van der Waals surface area contributed by atoms with Crippen LogP contribution < -0.4 is 0 Å². The van der Waals surface area contributed by atoms with E-state index in [0.29, 0.717) is 26.2 Å². The van der Waals surface area contributed by atoms with E-state index in [1.165, 1.54) is 0 Å². The number of hydrogen-bond donors (Lipinski definition) is 0. The quantitative estimate of drug-likeness (QED) is 0.785. The highest BCUT2D eigenvalue weighted by Crippen LogP contribution is 2.16. The molecule has 0 amide bonds. The third-order valence-corrected chi connectivity index (χ3v) is 4.39. The molecule has 1 saturated heterocycles. The zero-order valence-corrected chi connectivity index (χ0v) is 13.6. The van der Waals surface area contributed by atoms with Crippen molar-refractivity contribution in [3.8, 4) is 0 Å². The first-order valence-corrected chi connectivity index (χ1v) is 7.90. The minimum absolute atomic E-state index is 0.0773. The fourth-order valence-electron chi connectivity index (χ4n) is 2.81. The molecule has 1 aliphatic rings. The molecule has 1 atom stereocenters. The molecule has 2 aromatic rings. The Kier molecular flexibility index (Phi) is 4.83. The van der Waals surface area contributed by atoms with E-state index in [0.717, 1.165) is 23.8 Å².